The molecule has 0 saturated carbocycles. The Morgan fingerprint density at radius 3 is 2.60 bits per heavy atom. The number of nitrogens with two attached hydrogens (primary N) is 2. The highest BCUT2D eigenvalue weighted by Crippen LogP contribution is 2.28. The molecule has 2 aromatic rings. The normalized spacial score (nSPS) is 16.1. The molecule has 0 aliphatic carbocycles. The predicted molar refractivity (Wildman–Crippen MR) is 101 cm³/mol. The summed E-state index contributed by atoms with van der Waals surface area (Å²) in [5, 5.41) is 1.05. The van der Waals surface area contributed by atoms with Crippen LogP contribution in [0.25, 0.3) is 0 Å². The third kappa shape index (κ3) is 4.87. The number of likely N-dealkylation sites (tertiary alicyclic amines) is 1. The number of aromatic nitrogens is 2. The maximum absolute atomic E-state index is 6.03. The number of ether oxygens (including phenoxy) is 1. The van der Waals surface area contributed by atoms with Crippen LogP contribution in [-0.4, -0.2) is 40.6 Å². The van der Waals surface area contributed by atoms with E-state index in [1.165, 1.54) is 0 Å². The number of halogens is 2. The van der Waals surface area contributed by atoms with Gasteiger partial charge in [-0.15, -0.1) is 0 Å². The van der Waals surface area contributed by atoms with Gasteiger partial charge < -0.3 is 21.1 Å². The highest BCUT2D eigenvalue weighted by Gasteiger charge is 2.21. The minimum Gasteiger partial charge on any atom is -0.490 e. The average molecular weight is 382 g/mol. The fourth-order valence-electron chi connectivity index (χ4n) is 2.90. The van der Waals surface area contributed by atoms with Gasteiger partial charge >= 0.3 is 0 Å². The summed E-state index contributed by atoms with van der Waals surface area (Å²) in [6.45, 7) is 2.86. The number of piperidine rings is 1. The van der Waals surface area contributed by atoms with E-state index in [9.17, 15) is 0 Å². The zero-order chi connectivity index (χ0) is 17.8. The van der Waals surface area contributed by atoms with E-state index in [2.05, 4.69) is 14.9 Å². The van der Waals surface area contributed by atoms with Crippen LogP contribution in [-0.2, 0) is 6.42 Å². The lowest BCUT2D eigenvalue weighted by Gasteiger charge is -2.32. The number of nitrogen functional groups attached to an aromatic ring is 2. The fourth-order valence-corrected chi connectivity index (χ4v) is 3.19. The summed E-state index contributed by atoms with van der Waals surface area (Å²) in [5.41, 5.74) is 12.3. The molecule has 134 valence electrons. The Bertz CT molecular complexity index is 735. The number of nitrogens with zero attached hydrogens (tertiary/aromatic N) is 3. The molecule has 1 aromatic heterocycles. The van der Waals surface area contributed by atoms with Crippen LogP contribution in [0, 0.1) is 0 Å². The van der Waals surface area contributed by atoms with E-state index >= 15 is 0 Å². The molecule has 25 heavy (non-hydrogen) atoms. The maximum atomic E-state index is 6.03. The number of benzene rings is 1. The van der Waals surface area contributed by atoms with Gasteiger partial charge in [-0.05, 0) is 31.4 Å². The SMILES string of the molecule is Nc1ncc(CCN2CCC(Oc3ccc(Cl)c(Cl)c3)CC2)c(N)n1. The first kappa shape index (κ1) is 18.0. The summed E-state index contributed by atoms with van der Waals surface area (Å²) in [7, 11) is 0. The van der Waals surface area contributed by atoms with Gasteiger partial charge in [0.2, 0.25) is 5.95 Å². The van der Waals surface area contributed by atoms with E-state index in [0.29, 0.717) is 15.9 Å². The van der Waals surface area contributed by atoms with E-state index in [0.717, 1.165) is 50.2 Å². The largest absolute Gasteiger partial charge is 0.490 e. The van der Waals surface area contributed by atoms with Gasteiger partial charge in [0.05, 0.1) is 10.0 Å². The first-order valence-electron chi connectivity index (χ1n) is 8.22. The average Bonchev–Trinajstić information content (AvgIpc) is 2.59. The quantitative estimate of drug-likeness (QED) is 0.826. The van der Waals surface area contributed by atoms with Crippen LogP contribution in [0.1, 0.15) is 18.4 Å². The maximum Gasteiger partial charge on any atom is 0.221 e. The second kappa shape index (κ2) is 8.08. The van der Waals surface area contributed by atoms with Gasteiger partial charge in [-0.1, -0.05) is 23.2 Å². The molecule has 4 N–H and O–H groups in total. The molecule has 2 heterocycles. The molecular weight excluding hydrogens is 361 g/mol. The molecule has 1 aromatic carbocycles. The number of hydrogen-bond donors (Lipinski definition) is 2. The van der Waals surface area contributed by atoms with Crippen molar-refractivity contribution in [3.63, 3.8) is 0 Å². The Labute approximate surface area is 157 Å². The summed E-state index contributed by atoms with van der Waals surface area (Å²) in [4.78, 5) is 10.4. The van der Waals surface area contributed by atoms with Crippen LogP contribution in [0.2, 0.25) is 10.0 Å². The van der Waals surface area contributed by atoms with Crippen LogP contribution >= 0.6 is 23.2 Å². The third-order valence-corrected chi connectivity index (χ3v) is 5.08. The predicted octanol–water partition coefficient (Wildman–Crippen LogP) is 3.03. The van der Waals surface area contributed by atoms with Gasteiger partial charge in [0.15, 0.2) is 0 Å². The van der Waals surface area contributed by atoms with Crippen LogP contribution in [0.5, 0.6) is 5.75 Å². The smallest absolute Gasteiger partial charge is 0.221 e. The van der Waals surface area contributed by atoms with Crippen molar-refractivity contribution in [3.8, 4) is 5.75 Å². The van der Waals surface area contributed by atoms with Crippen LogP contribution in [0.15, 0.2) is 24.4 Å². The van der Waals surface area contributed by atoms with Crippen molar-refractivity contribution in [2.45, 2.75) is 25.4 Å². The molecule has 3 rings (SSSR count). The lowest BCUT2D eigenvalue weighted by atomic mass is 10.1. The Morgan fingerprint density at radius 2 is 1.92 bits per heavy atom. The van der Waals surface area contributed by atoms with E-state index in [1.807, 2.05) is 6.07 Å². The second-order valence-electron chi connectivity index (χ2n) is 6.12. The van der Waals surface area contributed by atoms with E-state index in [1.54, 1.807) is 18.3 Å². The van der Waals surface area contributed by atoms with Crippen LogP contribution in [0.3, 0.4) is 0 Å². The van der Waals surface area contributed by atoms with Crippen molar-refractivity contribution in [1.82, 2.24) is 14.9 Å². The van der Waals surface area contributed by atoms with Gasteiger partial charge in [0, 0.05) is 37.5 Å². The van der Waals surface area contributed by atoms with Crippen LogP contribution in [0.4, 0.5) is 11.8 Å². The molecular formula is C17H21Cl2N5O. The van der Waals surface area contributed by atoms with E-state index < -0.39 is 0 Å². The first-order chi connectivity index (χ1) is 12.0. The molecule has 1 aliphatic heterocycles. The highest BCUT2D eigenvalue weighted by atomic mass is 35.5. The number of rotatable bonds is 5. The topological polar surface area (TPSA) is 90.3 Å². The minimum absolute atomic E-state index is 0.193. The second-order valence-corrected chi connectivity index (χ2v) is 6.94. The van der Waals surface area contributed by atoms with Crippen molar-refractivity contribution in [3.05, 3.63) is 40.0 Å². The van der Waals surface area contributed by atoms with Gasteiger partial charge in [-0.25, -0.2) is 4.98 Å². The Balaban J connectivity index is 1.46. The van der Waals surface area contributed by atoms with Crippen molar-refractivity contribution < 1.29 is 4.74 Å². The molecule has 0 amide bonds. The monoisotopic (exact) mass is 381 g/mol. The lowest BCUT2D eigenvalue weighted by Crippen LogP contribution is -2.39. The molecule has 1 fully saturated rings. The van der Waals surface area contributed by atoms with Crippen molar-refractivity contribution in [2.24, 2.45) is 0 Å². The molecule has 0 spiro atoms. The standard InChI is InChI=1S/C17H21Cl2N5O/c18-14-2-1-13(9-15(14)19)25-12-4-7-24(8-5-12)6-3-11-10-22-17(21)23-16(11)20/h1-2,9-10,12H,3-8H2,(H4,20,21,22,23). The summed E-state index contributed by atoms with van der Waals surface area (Å²) in [5.74, 6) is 1.44. The zero-order valence-corrected chi connectivity index (χ0v) is 15.3. The van der Waals surface area contributed by atoms with Crippen molar-refractivity contribution in [2.75, 3.05) is 31.1 Å². The van der Waals surface area contributed by atoms with Gasteiger partial charge in [0.1, 0.15) is 17.7 Å². The van der Waals surface area contributed by atoms with Crippen molar-refractivity contribution in [1.29, 1.82) is 0 Å². The molecule has 6 nitrogen and oxygen atoms in total. The fraction of sp³-hybridized carbons (Fsp3) is 0.412. The number of anilines is 2. The zero-order valence-electron chi connectivity index (χ0n) is 13.8. The Hall–Kier alpha value is -1.76. The Morgan fingerprint density at radius 1 is 1.16 bits per heavy atom. The van der Waals surface area contributed by atoms with Gasteiger partial charge in [-0.2, -0.15) is 4.98 Å². The van der Waals surface area contributed by atoms with Gasteiger partial charge in [-0.3, -0.25) is 0 Å². The van der Waals surface area contributed by atoms with Crippen LogP contribution < -0.4 is 16.2 Å². The summed E-state index contributed by atoms with van der Waals surface area (Å²) < 4.78 is 6.01. The summed E-state index contributed by atoms with van der Waals surface area (Å²) in [6, 6.07) is 5.37. The van der Waals surface area contributed by atoms with E-state index in [4.69, 9.17) is 39.4 Å². The Kier molecular flexibility index (Phi) is 5.83. The third-order valence-electron chi connectivity index (χ3n) is 4.34. The molecule has 0 atom stereocenters. The van der Waals surface area contributed by atoms with Crippen molar-refractivity contribution >= 4 is 35.0 Å². The molecule has 1 aliphatic rings. The molecule has 0 bridgehead atoms. The molecule has 8 heteroatoms. The molecule has 0 unspecified atom stereocenters. The lowest BCUT2D eigenvalue weighted by molar-refractivity contribution is 0.101. The minimum atomic E-state index is 0.193. The summed E-state index contributed by atoms with van der Waals surface area (Å²) in [6.07, 6.45) is 4.64. The van der Waals surface area contributed by atoms with E-state index in [-0.39, 0.29) is 12.1 Å². The highest BCUT2D eigenvalue weighted by molar-refractivity contribution is 6.42. The molecule has 0 radical (unpaired) electrons. The van der Waals surface area contributed by atoms with Gasteiger partial charge in [0.25, 0.3) is 0 Å². The number of hydrogen-bond acceptors (Lipinski definition) is 6. The first-order valence-corrected chi connectivity index (χ1v) is 8.98. The summed E-state index contributed by atoms with van der Waals surface area (Å²) >= 11 is 12.0. The molecule has 1 saturated heterocycles.